The summed E-state index contributed by atoms with van der Waals surface area (Å²) in [5, 5.41) is 0.918. The summed E-state index contributed by atoms with van der Waals surface area (Å²) in [6.07, 6.45) is 0.868. The highest BCUT2D eigenvalue weighted by molar-refractivity contribution is 6.36. The zero-order chi connectivity index (χ0) is 16.3. The second-order valence-corrected chi connectivity index (χ2v) is 6.24. The third-order valence-electron chi connectivity index (χ3n) is 3.94. The molecule has 1 heterocycles. The average Bonchev–Trinajstić information content (AvgIpc) is 2.85. The van der Waals surface area contributed by atoms with Crippen LogP contribution in [-0.4, -0.2) is 36.0 Å². The smallest absolute Gasteiger partial charge is 0.329 e. The van der Waals surface area contributed by atoms with E-state index >= 15 is 0 Å². The van der Waals surface area contributed by atoms with Crippen molar-refractivity contribution in [2.75, 3.05) is 13.2 Å². The molecule has 22 heavy (non-hydrogen) atoms. The van der Waals surface area contributed by atoms with Gasteiger partial charge in [0.05, 0.1) is 13.0 Å². The topological polar surface area (TPSA) is 46.6 Å². The first-order valence-corrected chi connectivity index (χ1v) is 8.10. The number of benzene rings is 1. The van der Waals surface area contributed by atoms with Gasteiger partial charge in [-0.1, -0.05) is 36.2 Å². The summed E-state index contributed by atoms with van der Waals surface area (Å²) in [6, 6.07) is 4.61. The van der Waals surface area contributed by atoms with Gasteiger partial charge < -0.3 is 9.64 Å². The number of esters is 1. The second-order valence-electron chi connectivity index (χ2n) is 5.43. The molecule has 0 aromatic heterocycles. The lowest BCUT2D eigenvalue weighted by Gasteiger charge is -2.25. The Hall–Kier alpha value is -1.26. The van der Waals surface area contributed by atoms with Crippen LogP contribution in [0.2, 0.25) is 10.0 Å². The molecule has 1 aliphatic rings. The van der Waals surface area contributed by atoms with Gasteiger partial charge in [0.15, 0.2) is 0 Å². The normalized spacial score (nSPS) is 21.0. The molecule has 2 atom stereocenters. The Labute approximate surface area is 140 Å². The Bertz CT molecular complexity index is 556. The Morgan fingerprint density at radius 2 is 1.95 bits per heavy atom. The molecular formula is C16H19Cl2NO3. The van der Waals surface area contributed by atoms with E-state index in [1.807, 2.05) is 6.92 Å². The van der Waals surface area contributed by atoms with Crippen molar-refractivity contribution in [1.82, 2.24) is 4.90 Å². The van der Waals surface area contributed by atoms with Gasteiger partial charge in [0.1, 0.15) is 6.04 Å². The summed E-state index contributed by atoms with van der Waals surface area (Å²) in [5.41, 5.74) is 0.595. The van der Waals surface area contributed by atoms with Gasteiger partial charge in [-0.05, 0) is 37.0 Å². The van der Waals surface area contributed by atoms with Gasteiger partial charge in [0.25, 0.3) is 0 Å². The molecule has 0 spiro atoms. The van der Waals surface area contributed by atoms with Crippen LogP contribution in [0.1, 0.15) is 25.8 Å². The van der Waals surface area contributed by atoms with Crippen LogP contribution in [0.3, 0.4) is 0 Å². The molecule has 0 radical (unpaired) electrons. The highest BCUT2D eigenvalue weighted by atomic mass is 35.5. The predicted molar refractivity (Wildman–Crippen MR) is 86.1 cm³/mol. The molecule has 0 saturated carbocycles. The SMILES string of the molecule is CCOC(=O)C1C(C)CCN1C(=O)Cc1c(Cl)cccc1Cl. The molecule has 1 amide bonds. The van der Waals surface area contributed by atoms with E-state index in [1.165, 1.54) is 0 Å². The minimum atomic E-state index is -0.520. The predicted octanol–water partition coefficient (Wildman–Crippen LogP) is 3.34. The number of nitrogens with zero attached hydrogens (tertiary/aromatic N) is 1. The van der Waals surface area contributed by atoms with Crippen molar-refractivity contribution in [1.29, 1.82) is 0 Å². The first-order chi connectivity index (χ1) is 10.5. The number of halogens is 2. The van der Waals surface area contributed by atoms with E-state index in [4.69, 9.17) is 27.9 Å². The van der Waals surface area contributed by atoms with E-state index < -0.39 is 6.04 Å². The quantitative estimate of drug-likeness (QED) is 0.787. The summed E-state index contributed by atoms with van der Waals surface area (Å²) in [5.74, 6) is -0.409. The van der Waals surface area contributed by atoms with Gasteiger partial charge >= 0.3 is 5.97 Å². The van der Waals surface area contributed by atoms with Crippen LogP contribution in [0, 0.1) is 5.92 Å². The van der Waals surface area contributed by atoms with Crippen molar-refractivity contribution >= 4 is 35.1 Å². The van der Waals surface area contributed by atoms with Gasteiger partial charge in [-0.15, -0.1) is 0 Å². The van der Waals surface area contributed by atoms with Gasteiger partial charge in [-0.2, -0.15) is 0 Å². The van der Waals surface area contributed by atoms with Crippen molar-refractivity contribution in [3.05, 3.63) is 33.8 Å². The first-order valence-electron chi connectivity index (χ1n) is 7.34. The van der Waals surface area contributed by atoms with E-state index in [-0.39, 0.29) is 24.2 Å². The Kier molecular flexibility index (Phi) is 5.70. The third kappa shape index (κ3) is 3.55. The lowest BCUT2D eigenvalue weighted by Crippen LogP contribution is -2.44. The number of rotatable bonds is 4. The van der Waals surface area contributed by atoms with Crippen molar-refractivity contribution < 1.29 is 14.3 Å². The molecule has 1 fully saturated rings. The van der Waals surface area contributed by atoms with Gasteiger partial charge in [0, 0.05) is 16.6 Å². The lowest BCUT2D eigenvalue weighted by molar-refractivity contribution is -0.154. The molecule has 4 nitrogen and oxygen atoms in total. The fraction of sp³-hybridized carbons (Fsp3) is 0.500. The monoisotopic (exact) mass is 343 g/mol. The highest BCUT2D eigenvalue weighted by Crippen LogP contribution is 2.29. The van der Waals surface area contributed by atoms with E-state index in [2.05, 4.69) is 0 Å². The molecule has 0 N–H and O–H groups in total. The van der Waals surface area contributed by atoms with Crippen molar-refractivity contribution in [2.45, 2.75) is 32.7 Å². The maximum absolute atomic E-state index is 12.6. The molecule has 1 aliphatic heterocycles. The van der Waals surface area contributed by atoms with E-state index in [9.17, 15) is 9.59 Å². The molecule has 0 bridgehead atoms. The lowest BCUT2D eigenvalue weighted by atomic mass is 10.0. The second kappa shape index (κ2) is 7.34. The van der Waals surface area contributed by atoms with Crippen LogP contribution in [-0.2, 0) is 20.7 Å². The molecule has 2 rings (SSSR count). The van der Waals surface area contributed by atoms with Crippen LogP contribution in [0.25, 0.3) is 0 Å². The molecule has 0 aliphatic carbocycles. The summed E-state index contributed by atoms with van der Waals surface area (Å²) in [4.78, 5) is 26.3. The third-order valence-corrected chi connectivity index (χ3v) is 4.65. The number of hydrogen-bond donors (Lipinski definition) is 0. The maximum Gasteiger partial charge on any atom is 0.329 e. The maximum atomic E-state index is 12.6. The fourth-order valence-corrected chi connectivity index (χ4v) is 3.30. The number of likely N-dealkylation sites (tertiary alicyclic amines) is 1. The summed E-state index contributed by atoms with van der Waals surface area (Å²) < 4.78 is 5.09. The van der Waals surface area contributed by atoms with E-state index in [0.29, 0.717) is 28.8 Å². The zero-order valence-electron chi connectivity index (χ0n) is 12.6. The standard InChI is InChI=1S/C16H19Cl2NO3/c1-3-22-16(21)15-10(2)7-8-19(15)14(20)9-11-12(17)5-4-6-13(11)18/h4-6,10,15H,3,7-9H2,1-2H3. The molecule has 120 valence electrons. The fourth-order valence-electron chi connectivity index (χ4n) is 2.77. The van der Waals surface area contributed by atoms with Crippen LogP contribution >= 0.6 is 23.2 Å². The molecule has 1 saturated heterocycles. The Balaban J connectivity index is 2.16. The summed E-state index contributed by atoms with van der Waals surface area (Å²) in [6.45, 7) is 4.57. The number of hydrogen-bond acceptors (Lipinski definition) is 3. The largest absolute Gasteiger partial charge is 0.464 e. The molecule has 1 aromatic carbocycles. The Morgan fingerprint density at radius 3 is 2.55 bits per heavy atom. The highest BCUT2D eigenvalue weighted by Gasteiger charge is 2.40. The molecule has 2 unspecified atom stereocenters. The van der Waals surface area contributed by atoms with Crippen molar-refractivity contribution in [3.8, 4) is 0 Å². The summed E-state index contributed by atoms with van der Waals surface area (Å²) >= 11 is 12.2. The van der Waals surface area contributed by atoms with Gasteiger partial charge in [-0.3, -0.25) is 4.79 Å². The van der Waals surface area contributed by atoms with Crippen LogP contribution in [0.15, 0.2) is 18.2 Å². The molecule has 6 heteroatoms. The number of carbonyl (C=O) groups is 2. The number of amides is 1. The first kappa shape index (κ1) is 17.1. The van der Waals surface area contributed by atoms with Gasteiger partial charge in [0.2, 0.25) is 5.91 Å². The van der Waals surface area contributed by atoms with Crippen LogP contribution in [0.5, 0.6) is 0 Å². The minimum absolute atomic E-state index is 0.0845. The zero-order valence-corrected chi connectivity index (χ0v) is 14.2. The Morgan fingerprint density at radius 1 is 1.32 bits per heavy atom. The average molecular weight is 344 g/mol. The van der Waals surface area contributed by atoms with Crippen LogP contribution < -0.4 is 0 Å². The van der Waals surface area contributed by atoms with Crippen molar-refractivity contribution in [2.24, 2.45) is 5.92 Å². The minimum Gasteiger partial charge on any atom is -0.464 e. The van der Waals surface area contributed by atoms with Crippen LogP contribution in [0.4, 0.5) is 0 Å². The van der Waals surface area contributed by atoms with E-state index in [0.717, 1.165) is 6.42 Å². The number of carbonyl (C=O) groups excluding carboxylic acids is 2. The summed E-state index contributed by atoms with van der Waals surface area (Å²) in [7, 11) is 0. The molecular weight excluding hydrogens is 325 g/mol. The van der Waals surface area contributed by atoms with E-state index in [1.54, 1.807) is 30.0 Å². The van der Waals surface area contributed by atoms with Gasteiger partial charge in [-0.25, -0.2) is 4.79 Å². The molecule has 1 aromatic rings. The number of ether oxygens (including phenoxy) is 1. The van der Waals surface area contributed by atoms with Crippen molar-refractivity contribution in [3.63, 3.8) is 0 Å².